The highest BCUT2D eigenvalue weighted by molar-refractivity contribution is 5.89. The number of aromatic hydroxyl groups is 1. The molecule has 1 aromatic rings. The van der Waals surface area contributed by atoms with Crippen LogP contribution in [0.1, 0.15) is 20.7 Å². The van der Waals surface area contributed by atoms with Crippen molar-refractivity contribution in [1.82, 2.24) is 0 Å². The van der Waals surface area contributed by atoms with Crippen molar-refractivity contribution >= 4 is 12.6 Å². The summed E-state index contributed by atoms with van der Waals surface area (Å²) in [4.78, 5) is 21.0. The van der Waals surface area contributed by atoms with Gasteiger partial charge < -0.3 is 9.84 Å². The molecule has 1 N–H and O–H groups in total. The van der Waals surface area contributed by atoms with Crippen LogP contribution in [0.15, 0.2) is 12.1 Å². The molecule has 0 aliphatic carbocycles. The van der Waals surface area contributed by atoms with Gasteiger partial charge in [0, 0.05) is 0 Å². The highest BCUT2D eigenvalue weighted by Crippen LogP contribution is 2.28. The third kappa shape index (κ3) is 2.49. The molecule has 0 bridgehead atoms. The van der Waals surface area contributed by atoms with Gasteiger partial charge in [0.25, 0.3) is 0 Å². The van der Waals surface area contributed by atoms with E-state index >= 15 is 0 Å². The molecule has 0 saturated heterocycles. The van der Waals surface area contributed by atoms with Gasteiger partial charge in [-0.3, -0.25) is 9.59 Å². The highest BCUT2D eigenvalue weighted by Gasteiger charge is 2.15. The molecule has 80 valence electrons. The predicted molar refractivity (Wildman–Crippen MR) is 45.5 cm³/mol. The van der Waals surface area contributed by atoms with Gasteiger partial charge in [-0.05, 0) is 12.1 Å². The van der Waals surface area contributed by atoms with Crippen LogP contribution in [0.25, 0.3) is 0 Å². The van der Waals surface area contributed by atoms with Gasteiger partial charge >= 0.3 is 6.61 Å². The predicted octanol–water partition coefficient (Wildman–Crippen LogP) is 1.62. The SMILES string of the molecule is O=Cc1cc(O)cc(C=O)c1OC(F)F. The lowest BCUT2D eigenvalue weighted by Crippen LogP contribution is -2.06. The molecule has 0 fully saturated rings. The van der Waals surface area contributed by atoms with Crippen molar-refractivity contribution in [2.75, 3.05) is 0 Å². The van der Waals surface area contributed by atoms with Gasteiger partial charge in [-0.1, -0.05) is 0 Å². The summed E-state index contributed by atoms with van der Waals surface area (Å²) in [6.07, 6.45) is 0.425. The van der Waals surface area contributed by atoms with Gasteiger partial charge in [0.15, 0.2) is 12.6 Å². The van der Waals surface area contributed by atoms with Crippen LogP contribution in [0.5, 0.6) is 11.5 Å². The molecule has 15 heavy (non-hydrogen) atoms. The van der Waals surface area contributed by atoms with Crippen molar-refractivity contribution in [2.45, 2.75) is 6.61 Å². The number of aldehydes is 2. The van der Waals surface area contributed by atoms with Gasteiger partial charge in [-0.15, -0.1) is 0 Å². The number of alkyl halides is 2. The number of phenolic OH excluding ortho intramolecular Hbond substituents is 1. The van der Waals surface area contributed by atoms with E-state index in [2.05, 4.69) is 4.74 Å². The minimum atomic E-state index is -3.15. The number of carbonyl (C=O) groups excluding carboxylic acids is 2. The second-order valence-electron chi connectivity index (χ2n) is 2.57. The van der Waals surface area contributed by atoms with Crippen molar-refractivity contribution in [3.8, 4) is 11.5 Å². The maximum Gasteiger partial charge on any atom is 0.387 e. The standard InChI is InChI=1S/C9H6F2O4/c10-9(11)15-8-5(3-12)1-7(14)2-6(8)4-13/h1-4,9,14H. The fraction of sp³-hybridized carbons (Fsp3) is 0.111. The smallest absolute Gasteiger partial charge is 0.387 e. The number of phenols is 1. The normalized spacial score (nSPS) is 10.1. The molecule has 0 aliphatic rings. The van der Waals surface area contributed by atoms with Crippen LogP contribution in [0.2, 0.25) is 0 Å². The average Bonchev–Trinajstić information content (AvgIpc) is 2.19. The number of carbonyl (C=O) groups is 2. The first-order valence-corrected chi connectivity index (χ1v) is 3.80. The highest BCUT2D eigenvalue weighted by atomic mass is 19.3. The van der Waals surface area contributed by atoms with Crippen molar-refractivity contribution < 1.29 is 28.2 Å². The summed E-state index contributed by atoms with van der Waals surface area (Å²) in [5.41, 5.74) is -0.616. The molecule has 6 heteroatoms. The Morgan fingerprint density at radius 1 is 1.20 bits per heavy atom. The van der Waals surface area contributed by atoms with Gasteiger partial charge in [0.2, 0.25) is 0 Å². The number of rotatable bonds is 4. The zero-order valence-corrected chi connectivity index (χ0v) is 7.31. The topological polar surface area (TPSA) is 63.6 Å². The van der Waals surface area contributed by atoms with Crippen LogP contribution in [0.4, 0.5) is 8.78 Å². The Morgan fingerprint density at radius 3 is 2.00 bits per heavy atom. The van der Waals surface area contributed by atoms with Crippen LogP contribution in [0, 0.1) is 0 Å². The van der Waals surface area contributed by atoms with Gasteiger partial charge in [-0.25, -0.2) is 0 Å². The summed E-state index contributed by atoms with van der Waals surface area (Å²) in [5, 5.41) is 9.05. The van der Waals surface area contributed by atoms with Crippen LogP contribution < -0.4 is 4.74 Å². The first kappa shape index (κ1) is 11.1. The molecule has 4 nitrogen and oxygen atoms in total. The number of hydrogen-bond acceptors (Lipinski definition) is 4. The van der Waals surface area contributed by atoms with Gasteiger partial charge in [0.1, 0.15) is 11.5 Å². The first-order valence-electron chi connectivity index (χ1n) is 3.80. The fourth-order valence-corrected chi connectivity index (χ4v) is 1.06. The van der Waals surface area contributed by atoms with Gasteiger partial charge in [-0.2, -0.15) is 8.78 Å². The van der Waals surface area contributed by atoms with E-state index in [1.165, 1.54) is 0 Å². The second kappa shape index (κ2) is 4.50. The van der Waals surface area contributed by atoms with E-state index in [0.29, 0.717) is 0 Å². The molecule has 0 saturated carbocycles. The Morgan fingerprint density at radius 2 is 1.67 bits per heavy atom. The van der Waals surface area contributed by atoms with Crippen molar-refractivity contribution in [3.63, 3.8) is 0 Å². The van der Waals surface area contributed by atoms with Gasteiger partial charge in [0.05, 0.1) is 11.1 Å². The lowest BCUT2D eigenvalue weighted by Gasteiger charge is -2.09. The minimum Gasteiger partial charge on any atom is -0.508 e. The number of halogens is 2. The largest absolute Gasteiger partial charge is 0.508 e. The molecular formula is C9H6F2O4. The number of ether oxygens (including phenoxy) is 1. The third-order valence-electron chi connectivity index (χ3n) is 1.59. The van der Waals surface area contributed by atoms with E-state index in [1.54, 1.807) is 0 Å². The first-order chi connectivity index (χ1) is 7.08. The molecular weight excluding hydrogens is 210 g/mol. The zero-order chi connectivity index (χ0) is 11.4. The fourth-order valence-electron chi connectivity index (χ4n) is 1.06. The van der Waals surface area contributed by atoms with E-state index < -0.39 is 12.4 Å². The summed E-state index contributed by atoms with van der Waals surface area (Å²) >= 11 is 0. The molecule has 0 aliphatic heterocycles. The molecule has 1 rings (SSSR count). The summed E-state index contributed by atoms with van der Waals surface area (Å²) in [6.45, 7) is -3.15. The molecule has 0 amide bonds. The average molecular weight is 216 g/mol. The summed E-state index contributed by atoms with van der Waals surface area (Å²) < 4.78 is 27.9. The number of benzene rings is 1. The lowest BCUT2D eigenvalue weighted by atomic mass is 10.1. The van der Waals surface area contributed by atoms with E-state index in [0.717, 1.165) is 12.1 Å². The Balaban J connectivity index is 3.29. The van der Waals surface area contributed by atoms with E-state index in [1.807, 2.05) is 0 Å². The minimum absolute atomic E-state index is 0.213. The van der Waals surface area contributed by atoms with Crippen molar-refractivity contribution in [1.29, 1.82) is 0 Å². The molecule has 0 atom stereocenters. The Hall–Kier alpha value is -1.98. The van der Waals surface area contributed by atoms with E-state index in [4.69, 9.17) is 5.11 Å². The molecule has 0 unspecified atom stereocenters. The van der Waals surface area contributed by atoms with Crippen LogP contribution in [-0.2, 0) is 0 Å². The maximum atomic E-state index is 11.9. The van der Waals surface area contributed by atoms with E-state index in [9.17, 15) is 18.4 Å². The van der Waals surface area contributed by atoms with E-state index in [-0.39, 0.29) is 29.4 Å². The Kier molecular flexibility index (Phi) is 3.33. The summed E-state index contributed by atoms with van der Waals surface area (Å²) in [5.74, 6) is -0.909. The summed E-state index contributed by atoms with van der Waals surface area (Å²) in [7, 11) is 0. The third-order valence-corrected chi connectivity index (χ3v) is 1.59. The van der Waals surface area contributed by atoms with Crippen molar-refractivity contribution in [3.05, 3.63) is 23.3 Å². The second-order valence-corrected chi connectivity index (χ2v) is 2.57. The van der Waals surface area contributed by atoms with Crippen LogP contribution in [-0.4, -0.2) is 24.3 Å². The number of hydrogen-bond donors (Lipinski definition) is 1. The molecule has 0 aromatic heterocycles. The maximum absolute atomic E-state index is 11.9. The Bertz CT molecular complexity index is 361. The molecule has 0 spiro atoms. The lowest BCUT2D eigenvalue weighted by molar-refractivity contribution is -0.0503. The van der Waals surface area contributed by atoms with Crippen LogP contribution in [0.3, 0.4) is 0 Å². The van der Waals surface area contributed by atoms with Crippen LogP contribution >= 0.6 is 0 Å². The quantitative estimate of drug-likeness (QED) is 0.776. The Labute approximate surface area is 83.1 Å². The monoisotopic (exact) mass is 216 g/mol. The molecule has 1 aromatic carbocycles. The molecule has 0 radical (unpaired) electrons. The molecule has 0 heterocycles. The summed E-state index contributed by atoms with van der Waals surface area (Å²) in [6, 6.07) is 1.86. The van der Waals surface area contributed by atoms with Crippen molar-refractivity contribution in [2.24, 2.45) is 0 Å². The zero-order valence-electron chi connectivity index (χ0n) is 7.31.